The average molecular weight is 309 g/mol. The van der Waals surface area contributed by atoms with Gasteiger partial charge < -0.3 is 5.32 Å². The molecule has 1 amide bonds. The zero-order chi connectivity index (χ0) is 17.2. The molecule has 0 aliphatic carbocycles. The molecule has 0 aliphatic rings. The first kappa shape index (κ1) is 17.8. The quantitative estimate of drug-likeness (QED) is 0.788. The number of carbonyl (C=O) groups excluding carboxylic acids is 1. The van der Waals surface area contributed by atoms with Crippen LogP contribution in [0.3, 0.4) is 0 Å². The Kier molecular flexibility index (Phi) is 6.94. The molecule has 1 aromatic heterocycles. The van der Waals surface area contributed by atoms with E-state index in [0.717, 1.165) is 0 Å². The lowest BCUT2D eigenvalue weighted by atomic mass is 10.3. The van der Waals surface area contributed by atoms with E-state index in [2.05, 4.69) is 30.2 Å². The number of nitrogens with zero attached hydrogens (tertiary/aromatic N) is 2. The summed E-state index contributed by atoms with van der Waals surface area (Å²) in [5, 5.41) is 6.62. The van der Waals surface area contributed by atoms with Crippen LogP contribution in [0.1, 0.15) is 17.4 Å². The molecule has 0 spiro atoms. The molecule has 0 aliphatic heterocycles. The molecule has 23 heavy (non-hydrogen) atoms. The van der Waals surface area contributed by atoms with Crippen LogP contribution in [-0.4, -0.2) is 15.7 Å². The largest absolute Gasteiger partial charge is 0.320 e. The van der Waals surface area contributed by atoms with E-state index in [1.807, 2.05) is 13.0 Å². The van der Waals surface area contributed by atoms with Gasteiger partial charge in [-0.3, -0.25) is 9.59 Å². The Morgan fingerprint density at radius 1 is 1.26 bits per heavy atom. The van der Waals surface area contributed by atoms with Crippen molar-refractivity contribution in [1.82, 2.24) is 15.1 Å². The zero-order valence-corrected chi connectivity index (χ0v) is 13.0. The van der Waals surface area contributed by atoms with Gasteiger partial charge in [-0.2, -0.15) is 5.10 Å². The third-order valence-electron chi connectivity index (χ3n) is 2.73. The van der Waals surface area contributed by atoms with Crippen LogP contribution in [0.2, 0.25) is 0 Å². The molecule has 0 unspecified atom stereocenters. The molecule has 1 aromatic rings. The molecule has 0 radical (unpaired) electrons. The maximum atomic E-state index is 12.2. The predicted molar refractivity (Wildman–Crippen MR) is 93.7 cm³/mol. The Balaban J connectivity index is 3.25. The molecular formula is C18H19N3O2. The van der Waals surface area contributed by atoms with Gasteiger partial charge in [-0.25, -0.2) is 4.68 Å². The summed E-state index contributed by atoms with van der Waals surface area (Å²) in [4.78, 5) is 24.1. The fraction of sp³-hybridized carbons (Fsp3) is 0.0556. The molecule has 1 N–H and O–H groups in total. The number of carbonyl (C=O) groups is 1. The second-order valence-corrected chi connectivity index (χ2v) is 4.31. The highest BCUT2D eigenvalue weighted by molar-refractivity contribution is 5.93. The monoisotopic (exact) mass is 309 g/mol. The normalized spacial score (nSPS) is 12.0. The van der Waals surface area contributed by atoms with E-state index in [0.29, 0.717) is 11.4 Å². The van der Waals surface area contributed by atoms with E-state index < -0.39 is 11.3 Å². The van der Waals surface area contributed by atoms with Crippen LogP contribution in [0.15, 0.2) is 85.0 Å². The van der Waals surface area contributed by atoms with Gasteiger partial charge in [-0.1, -0.05) is 38.0 Å². The number of allylic oxidation sites excluding steroid dienone is 8. The van der Waals surface area contributed by atoms with Gasteiger partial charge in [0.2, 0.25) is 5.43 Å². The van der Waals surface area contributed by atoms with Gasteiger partial charge in [0.05, 0.1) is 5.70 Å². The summed E-state index contributed by atoms with van der Waals surface area (Å²) in [6.45, 7) is 12.7. The first-order chi connectivity index (χ1) is 11.1. The molecule has 5 heteroatoms. The second kappa shape index (κ2) is 8.94. The highest BCUT2D eigenvalue weighted by atomic mass is 16.2. The number of amides is 1. The minimum atomic E-state index is -0.619. The molecule has 0 bridgehead atoms. The average Bonchev–Trinajstić information content (AvgIpc) is 2.56. The van der Waals surface area contributed by atoms with E-state index >= 15 is 0 Å². The molecule has 1 rings (SSSR count). The van der Waals surface area contributed by atoms with Gasteiger partial charge in [0, 0.05) is 18.0 Å². The van der Waals surface area contributed by atoms with Crippen LogP contribution in [0.5, 0.6) is 0 Å². The number of hydrogen-bond donors (Lipinski definition) is 1. The van der Waals surface area contributed by atoms with Crippen molar-refractivity contribution in [3.63, 3.8) is 0 Å². The topological polar surface area (TPSA) is 64.0 Å². The van der Waals surface area contributed by atoms with Gasteiger partial charge in [-0.15, -0.1) is 0 Å². The standard InChI is InChI=1S/C18H19N3O2/c1-5-9-11-15(8-4)21-13-12-16(22)17(20-21)18(23)19-14(7-3)10-6-2/h5-13H,2-4H2,1H3,(H,19,23)/b9-5-,14-10+,15-11+. The Hall–Kier alpha value is -3.21. The second-order valence-electron chi connectivity index (χ2n) is 4.31. The molecule has 118 valence electrons. The maximum absolute atomic E-state index is 12.2. The summed E-state index contributed by atoms with van der Waals surface area (Å²) in [5.41, 5.74) is 0.352. The van der Waals surface area contributed by atoms with E-state index in [1.54, 1.807) is 24.3 Å². The third-order valence-corrected chi connectivity index (χ3v) is 2.73. The highest BCUT2D eigenvalue weighted by Crippen LogP contribution is 2.04. The SMILES string of the molecule is C=C/C=C(\C=C)NC(=O)c1nn(/C(C=C)=C/C=C\C)ccc1=O. The van der Waals surface area contributed by atoms with Crippen LogP contribution < -0.4 is 10.7 Å². The predicted octanol–water partition coefficient (Wildman–Crippen LogP) is 2.83. The molecule has 0 fully saturated rings. The van der Waals surface area contributed by atoms with Crippen LogP contribution in [0, 0.1) is 0 Å². The fourth-order valence-corrected chi connectivity index (χ4v) is 1.62. The third kappa shape index (κ3) is 4.93. The summed E-state index contributed by atoms with van der Waals surface area (Å²) in [7, 11) is 0. The summed E-state index contributed by atoms with van der Waals surface area (Å²) >= 11 is 0. The first-order valence-electron chi connectivity index (χ1n) is 6.89. The first-order valence-corrected chi connectivity index (χ1v) is 6.89. The van der Waals surface area contributed by atoms with Crippen molar-refractivity contribution in [2.45, 2.75) is 6.92 Å². The molecule has 1 heterocycles. The molecular weight excluding hydrogens is 290 g/mol. The van der Waals surface area contributed by atoms with Crippen molar-refractivity contribution < 1.29 is 4.79 Å². The van der Waals surface area contributed by atoms with Crippen LogP contribution >= 0.6 is 0 Å². The summed E-state index contributed by atoms with van der Waals surface area (Å²) in [5.74, 6) is -0.619. The van der Waals surface area contributed by atoms with E-state index in [-0.39, 0.29) is 5.69 Å². The summed E-state index contributed by atoms with van der Waals surface area (Å²) < 4.78 is 1.41. The molecule has 0 saturated carbocycles. The lowest BCUT2D eigenvalue weighted by molar-refractivity contribution is 0.0959. The maximum Gasteiger partial charge on any atom is 0.280 e. The van der Waals surface area contributed by atoms with Gasteiger partial charge in [0.1, 0.15) is 0 Å². The van der Waals surface area contributed by atoms with Gasteiger partial charge >= 0.3 is 0 Å². The van der Waals surface area contributed by atoms with Crippen molar-refractivity contribution >= 4 is 11.6 Å². The number of rotatable bonds is 7. The van der Waals surface area contributed by atoms with Crippen molar-refractivity contribution in [1.29, 1.82) is 0 Å². The van der Waals surface area contributed by atoms with Crippen LogP contribution in [0.4, 0.5) is 0 Å². The van der Waals surface area contributed by atoms with Crippen LogP contribution in [0.25, 0.3) is 5.70 Å². The Bertz CT molecular complexity index is 765. The van der Waals surface area contributed by atoms with Crippen molar-refractivity contribution in [3.05, 3.63) is 96.1 Å². The smallest absolute Gasteiger partial charge is 0.280 e. The number of aromatic nitrogens is 2. The van der Waals surface area contributed by atoms with E-state index in [1.165, 1.54) is 29.1 Å². The Morgan fingerprint density at radius 3 is 2.57 bits per heavy atom. The Morgan fingerprint density at radius 2 is 2.00 bits per heavy atom. The number of hydrogen-bond acceptors (Lipinski definition) is 3. The van der Waals surface area contributed by atoms with Gasteiger partial charge in [-0.05, 0) is 31.2 Å². The summed E-state index contributed by atoms with van der Waals surface area (Å²) in [6, 6.07) is 1.28. The zero-order valence-electron chi connectivity index (χ0n) is 13.0. The minimum Gasteiger partial charge on any atom is -0.320 e. The van der Waals surface area contributed by atoms with Gasteiger partial charge in [0.25, 0.3) is 5.91 Å². The lowest BCUT2D eigenvalue weighted by Gasteiger charge is -2.08. The highest BCUT2D eigenvalue weighted by Gasteiger charge is 2.13. The minimum absolute atomic E-state index is 0.224. The summed E-state index contributed by atoms with van der Waals surface area (Å²) in [6.07, 6.45) is 13.0. The lowest BCUT2D eigenvalue weighted by Crippen LogP contribution is -2.30. The van der Waals surface area contributed by atoms with Crippen molar-refractivity contribution in [2.75, 3.05) is 0 Å². The van der Waals surface area contributed by atoms with Crippen molar-refractivity contribution in [2.24, 2.45) is 0 Å². The van der Waals surface area contributed by atoms with E-state index in [4.69, 9.17) is 0 Å². The number of nitrogens with one attached hydrogen (secondary N) is 1. The fourth-order valence-electron chi connectivity index (χ4n) is 1.62. The van der Waals surface area contributed by atoms with E-state index in [9.17, 15) is 9.59 Å². The van der Waals surface area contributed by atoms with Crippen molar-refractivity contribution in [3.8, 4) is 0 Å². The molecule has 0 atom stereocenters. The van der Waals surface area contributed by atoms with Crippen LogP contribution in [-0.2, 0) is 0 Å². The Labute approximate surface area is 135 Å². The van der Waals surface area contributed by atoms with Gasteiger partial charge in [0.15, 0.2) is 5.69 Å². The molecule has 0 aromatic carbocycles. The molecule has 5 nitrogen and oxygen atoms in total. The molecule has 0 saturated heterocycles.